The van der Waals surface area contributed by atoms with Gasteiger partial charge in [0.2, 0.25) is 0 Å². The number of ether oxygens (including phenoxy) is 1. The zero-order chi connectivity index (χ0) is 10.8. The van der Waals surface area contributed by atoms with E-state index in [0.717, 1.165) is 32.5 Å². The molecule has 0 saturated carbocycles. The number of nitrogens with zero attached hydrogens (tertiary/aromatic N) is 1. The van der Waals surface area contributed by atoms with Crippen molar-refractivity contribution in [3.8, 4) is 0 Å². The van der Waals surface area contributed by atoms with Crippen molar-refractivity contribution >= 4 is 0 Å². The van der Waals surface area contributed by atoms with Gasteiger partial charge in [0.1, 0.15) is 0 Å². The molecule has 0 bridgehead atoms. The van der Waals surface area contributed by atoms with Gasteiger partial charge in [0.15, 0.2) is 0 Å². The van der Waals surface area contributed by atoms with Crippen LogP contribution in [0, 0.1) is 0 Å². The SMILES string of the molecule is CCCC(CNC)OCCCN(C)C. The van der Waals surface area contributed by atoms with Crippen LogP contribution in [0.2, 0.25) is 0 Å². The van der Waals surface area contributed by atoms with Crippen LogP contribution >= 0.6 is 0 Å². The monoisotopic (exact) mass is 202 g/mol. The van der Waals surface area contributed by atoms with Crippen molar-refractivity contribution in [1.82, 2.24) is 10.2 Å². The van der Waals surface area contributed by atoms with Gasteiger partial charge in [0, 0.05) is 13.2 Å². The summed E-state index contributed by atoms with van der Waals surface area (Å²) in [5, 5.41) is 3.17. The van der Waals surface area contributed by atoms with E-state index in [1.165, 1.54) is 6.42 Å². The van der Waals surface area contributed by atoms with Gasteiger partial charge in [0.05, 0.1) is 6.10 Å². The first-order valence-electron chi connectivity index (χ1n) is 5.61. The average Bonchev–Trinajstić information content (AvgIpc) is 2.12. The van der Waals surface area contributed by atoms with E-state index >= 15 is 0 Å². The molecule has 86 valence electrons. The fourth-order valence-corrected chi connectivity index (χ4v) is 1.42. The maximum absolute atomic E-state index is 5.78. The highest BCUT2D eigenvalue weighted by atomic mass is 16.5. The number of hydrogen-bond donors (Lipinski definition) is 1. The van der Waals surface area contributed by atoms with Gasteiger partial charge >= 0.3 is 0 Å². The fourth-order valence-electron chi connectivity index (χ4n) is 1.42. The molecule has 0 spiro atoms. The molecule has 0 aromatic carbocycles. The molecule has 0 radical (unpaired) electrons. The highest BCUT2D eigenvalue weighted by molar-refractivity contribution is 4.59. The molecule has 0 amide bonds. The zero-order valence-electron chi connectivity index (χ0n) is 10.2. The second-order valence-corrected chi connectivity index (χ2v) is 4.00. The summed E-state index contributed by atoms with van der Waals surface area (Å²) in [5.41, 5.74) is 0. The highest BCUT2D eigenvalue weighted by Gasteiger charge is 2.05. The lowest BCUT2D eigenvalue weighted by molar-refractivity contribution is 0.0441. The Morgan fingerprint density at radius 1 is 1.36 bits per heavy atom. The molecule has 0 rings (SSSR count). The smallest absolute Gasteiger partial charge is 0.0699 e. The Balaban J connectivity index is 3.40. The van der Waals surface area contributed by atoms with Gasteiger partial charge in [-0.05, 0) is 40.5 Å². The van der Waals surface area contributed by atoms with E-state index < -0.39 is 0 Å². The molecule has 0 aliphatic carbocycles. The molecule has 0 heterocycles. The quantitative estimate of drug-likeness (QED) is 0.571. The standard InChI is InChI=1S/C11H26N2O/c1-5-7-11(10-12-2)14-9-6-8-13(3)4/h11-12H,5-10H2,1-4H3. The predicted octanol–water partition coefficient (Wildman–Crippen LogP) is 1.34. The normalized spacial score (nSPS) is 13.5. The van der Waals surface area contributed by atoms with Crippen molar-refractivity contribution in [2.45, 2.75) is 32.3 Å². The molecule has 0 aliphatic heterocycles. The van der Waals surface area contributed by atoms with Gasteiger partial charge in [-0.25, -0.2) is 0 Å². The molecule has 3 nitrogen and oxygen atoms in total. The zero-order valence-corrected chi connectivity index (χ0v) is 10.2. The lowest BCUT2D eigenvalue weighted by atomic mass is 10.2. The highest BCUT2D eigenvalue weighted by Crippen LogP contribution is 2.01. The van der Waals surface area contributed by atoms with Gasteiger partial charge in [-0.15, -0.1) is 0 Å². The van der Waals surface area contributed by atoms with E-state index in [9.17, 15) is 0 Å². The van der Waals surface area contributed by atoms with Crippen LogP contribution in [0.15, 0.2) is 0 Å². The molecule has 0 aromatic heterocycles. The lowest BCUT2D eigenvalue weighted by Gasteiger charge is -2.17. The summed E-state index contributed by atoms with van der Waals surface area (Å²) in [4.78, 5) is 2.19. The topological polar surface area (TPSA) is 24.5 Å². The largest absolute Gasteiger partial charge is 0.377 e. The molecular weight excluding hydrogens is 176 g/mol. The summed E-state index contributed by atoms with van der Waals surface area (Å²) in [7, 11) is 6.17. The van der Waals surface area contributed by atoms with E-state index in [4.69, 9.17) is 4.74 Å². The third kappa shape index (κ3) is 8.48. The molecule has 0 aliphatic rings. The van der Waals surface area contributed by atoms with E-state index in [1.807, 2.05) is 7.05 Å². The van der Waals surface area contributed by atoms with Crippen molar-refractivity contribution in [1.29, 1.82) is 0 Å². The molecule has 0 saturated heterocycles. The summed E-state index contributed by atoms with van der Waals surface area (Å²) >= 11 is 0. The van der Waals surface area contributed by atoms with Crippen LogP contribution in [0.4, 0.5) is 0 Å². The van der Waals surface area contributed by atoms with E-state index in [0.29, 0.717) is 6.10 Å². The number of hydrogen-bond acceptors (Lipinski definition) is 3. The van der Waals surface area contributed by atoms with Gasteiger partial charge in [-0.2, -0.15) is 0 Å². The summed E-state index contributed by atoms with van der Waals surface area (Å²) in [6.07, 6.45) is 3.87. The van der Waals surface area contributed by atoms with Crippen LogP contribution in [0.1, 0.15) is 26.2 Å². The Labute approximate surface area is 88.8 Å². The van der Waals surface area contributed by atoms with Crippen molar-refractivity contribution in [3.63, 3.8) is 0 Å². The van der Waals surface area contributed by atoms with E-state index in [2.05, 4.69) is 31.2 Å². The third-order valence-corrected chi connectivity index (χ3v) is 2.15. The van der Waals surface area contributed by atoms with Crippen molar-refractivity contribution in [2.24, 2.45) is 0 Å². The maximum Gasteiger partial charge on any atom is 0.0699 e. The van der Waals surface area contributed by atoms with Gasteiger partial charge in [-0.1, -0.05) is 13.3 Å². The second kappa shape index (κ2) is 9.44. The fraction of sp³-hybridized carbons (Fsp3) is 1.00. The molecule has 0 fully saturated rings. The Morgan fingerprint density at radius 3 is 2.57 bits per heavy atom. The molecule has 1 unspecified atom stereocenters. The third-order valence-electron chi connectivity index (χ3n) is 2.15. The Morgan fingerprint density at radius 2 is 2.07 bits per heavy atom. The lowest BCUT2D eigenvalue weighted by Crippen LogP contribution is -2.27. The van der Waals surface area contributed by atoms with Crippen molar-refractivity contribution < 1.29 is 4.74 Å². The molecule has 3 heteroatoms. The minimum absolute atomic E-state index is 0.396. The van der Waals surface area contributed by atoms with Crippen LogP contribution in [-0.2, 0) is 4.74 Å². The van der Waals surface area contributed by atoms with Crippen LogP contribution in [-0.4, -0.2) is 51.8 Å². The summed E-state index contributed by atoms with van der Waals surface area (Å²) in [6, 6.07) is 0. The Hall–Kier alpha value is -0.120. The van der Waals surface area contributed by atoms with Crippen molar-refractivity contribution in [2.75, 3.05) is 40.8 Å². The minimum Gasteiger partial charge on any atom is -0.377 e. The number of nitrogens with one attached hydrogen (secondary N) is 1. The van der Waals surface area contributed by atoms with Gasteiger partial charge < -0.3 is 15.0 Å². The first kappa shape index (κ1) is 13.9. The predicted molar refractivity (Wildman–Crippen MR) is 61.7 cm³/mol. The van der Waals surface area contributed by atoms with Gasteiger partial charge in [0.25, 0.3) is 0 Å². The summed E-state index contributed by atoms with van der Waals surface area (Å²) in [5.74, 6) is 0. The van der Waals surface area contributed by atoms with Crippen LogP contribution < -0.4 is 5.32 Å². The minimum atomic E-state index is 0.396. The Kier molecular flexibility index (Phi) is 9.35. The maximum atomic E-state index is 5.78. The molecule has 14 heavy (non-hydrogen) atoms. The molecule has 1 N–H and O–H groups in total. The number of likely N-dealkylation sites (N-methyl/N-ethyl adjacent to an activating group) is 1. The summed E-state index contributed by atoms with van der Waals surface area (Å²) < 4.78 is 5.78. The van der Waals surface area contributed by atoms with Crippen LogP contribution in [0.3, 0.4) is 0 Å². The van der Waals surface area contributed by atoms with E-state index in [1.54, 1.807) is 0 Å². The molecule has 0 aromatic rings. The summed E-state index contributed by atoms with van der Waals surface area (Å²) in [6.45, 7) is 5.16. The first-order chi connectivity index (χ1) is 6.70. The van der Waals surface area contributed by atoms with Crippen LogP contribution in [0.5, 0.6) is 0 Å². The van der Waals surface area contributed by atoms with Gasteiger partial charge in [-0.3, -0.25) is 0 Å². The Bertz CT molecular complexity index is 112. The average molecular weight is 202 g/mol. The van der Waals surface area contributed by atoms with E-state index in [-0.39, 0.29) is 0 Å². The van der Waals surface area contributed by atoms with Crippen molar-refractivity contribution in [3.05, 3.63) is 0 Å². The second-order valence-electron chi connectivity index (χ2n) is 4.00. The van der Waals surface area contributed by atoms with Crippen LogP contribution in [0.25, 0.3) is 0 Å². The number of rotatable bonds is 9. The molecule has 1 atom stereocenters. The molecular formula is C11H26N2O. The first-order valence-corrected chi connectivity index (χ1v) is 5.61.